The molecule has 3 rings (SSSR count). The number of nitrogens with zero attached hydrogens (tertiary/aromatic N) is 2. The van der Waals surface area contributed by atoms with E-state index in [0.717, 1.165) is 28.6 Å². The normalized spacial score (nSPS) is 10.8. The van der Waals surface area contributed by atoms with Crippen LogP contribution in [0.5, 0.6) is 0 Å². The highest BCUT2D eigenvalue weighted by molar-refractivity contribution is 6.08. The Labute approximate surface area is 143 Å². The van der Waals surface area contributed by atoms with Crippen LogP contribution in [0.3, 0.4) is 0 Å². The van der Waals surface area contributed by atoms with Gasteiger partial charge in [-0.15, -0.1) is 0 Å². The first-order valence-electron chi connectivity index (χ1n) is 7.77. The first-order valence-corrected chi connectivity index (χ1v) is 7.77. The van der Waals surface area contributed by atoms with Crippen LogP contribution in [0, 0.1) is 22.9 Å². The number of nitrogens with one attached hydrogen (secondary N) is 1. The van der Waals surface area contributed by atoms with Crippen molar-refractivity contribution in [3.63, 3.8) is 0 Å². The van der Waals surface area contributed by atoms with Crippen LogP contribution >= 0.6 is 0 Å². The molecule has 0 bridgehead atoms. The molecule has 0 saturated heterocycles. The fourth-order valence-corrected chi connectivity index (χ4v) is 3.02. The van der Waals surface area contributed by atoms with Crippen molar-refractivity contribution in [1.82, 2.24) is 4.57 Å². The zero-order valence-electron chi connectivity index (χ0n) is 13.7. The third kappa shape index (κ3) is 2.84. The minimum Gasteiger partial charge on any atom is -0.337 e. The fraction of sp³-hybridized carbons (Fsp3) is 0.167. The second kappa shape index (κ2) is 6.35. The Balaban J connectivity index is 1.99. The van der Waals surface area contributed by atoms with Gasteiger partial charge in [-0.25, -0.2) is 0 Å². The maximum atomic E-state index is 13.7. The molecule has 7 heteroatoms. The van der Waals surface area contributed by atoms with Gasteiger partial charge in [0.15, 0.2) is 0 Å². The highest BCUT2D eigenvalue weighted by atomic mass is 19.1. The van der Waals surface area contributed by atoms with Crippen molar-refractivity contribution in [3.8, 4) is 0 Å². The minimum absolute atomic E-state index is 0.167. The Morgan fingerprint density at radius 1 is 1.28 bits per heavy atom. The second-order valence-electron chi connectivity index (χ2n) is 5.61. The van der Waals surface area contributed by atoms with E-state index in [2.05, 4.69) is 5.32 Å². The quantitative estimate of drug-likeness (QED) is 0.569. The van der Waals surface area contributed by atoms with Gasteiger partial charge in [-0.3, -0.25) is 14.9 Å². The highest BCUT2D eigenvalue weighted by Crippen LogP contribution is 2.27. The smallest absolute Gasteiger partial charge is 0.304 e. The predicted molar refractivity (Wildman–Crippen MR) is 93.4 cm³/mol. The summed E-state index contributed by atoms with van der Waals surface area (Å²) in [4.78, 5) is 22.6. The van der Waals surface area contributed by atoms with Gasteiger partial charge in [0.2, 0.25) is 5.82 Å². The molecule has 0 aliphatic carbocycles. The van der Waals surface area contributed by atoms with Crippen LogP contribution in [0.1, 0.15) is 23.0 Å². The number of carbonyl (C=O) groups excluding carboxylic acids is 1. The first-order chi connectivity index (χ1) is 11.9. The summed E-state index contributed by atoms with van der Waals surface area (Å²) in [5.41, 5.74) is 1.81. The molecule has 0 radical (unpaired) electrons. The van der Waals surface area contributed by atoms with Gasteiger partial charge in [0, 0.05) is 35.3 Å². The molecule has 0 spiro atoms. The van der Waals surface area contributed by atoms with Gasteiger partial charge < -0.3 is 9.88 Å². The Morgan fingerprint density at radius 3 is 2.64 bits per heavy atom. The summed E-state index contributed by atoms with van der Waals surface area (Å²) in [5, 5.41) is 14.3. The molecule has 0 unspecified atom stereocenters. The summed E-state index contributed by atoms with van der Waals surface area (Å²) >= 11 is 0. The van der Waals surface area contributed by atoms with E-state index >= 15 is 0 Å². The highest BCUT2D eigenvalue weighted by Gasteiger charge is 2.20. The lowest BCUT2D eigenvalue weighted by molar-refractivity contribution is -0.387. The Hall–Kier alpha value is -3.22. The average molecular weight is 341 g/mol. The molecule has 3 aromatic rings. The van der Waals surface area contributed by atoms with Crippen molar-refractivity contribution < 1.29 is 14.1 Å². The van der Waals surface area contributed by atoms with Crippen LogP contribution in [-0.4, -0.2) is 15.4 Å². The molecular formula is C18H16FN3O3. The van der Waals surface area contributed by atoms with E-state index in [0.29, 0.717) is 12.2 Å². The number of anilines is 1. The number of para-hydroxylation sites is 1. The largest absolute Gasteiger partial charge is 0.337 e. The minimum atomic E-state index is -0.990. The van der Waals surface area contributed by atoms with E-state index in [-0.39, 0.29) is 11.6 Å². The summed E-state index contributed by atoms with van der Waals surface area (Å²) in [6.45, 7) is 4.40. The number of amides is 1. The topological polar surface area (TPSA) is 77.2 Å². The second-order valence-corrected chi connectivity index (χ2v) is 5.61. The monoisotopic (exact) mass is 341 g/mol. The zero-order chi connectivity index (χ0) is 18.1. The van der Waals surface area contributed by atoms with Gasteiger partial charge in [0.05, 0.1) is 4.92 Å². The van der Waals surface area contributed by atoms with Gasteiger partial charge >= 0.3 is 5.69 Å². The van der Waals surface area contributed by atoms with E-state index in [1.807, 2.05) is 42.7 Å². The lowest BCUT2D eigenvalue weighted by atomic mass is 10.1. The van der Waals surface area contributed by atoms with E-state index in [4.69, 9.17) is 0 Å². The molecule has 0 saturated carbocycles. The third-order valence-electron chi connectivity index (χ3n) is 4.16. The van der Waals surface area contributed by atoms with Crippen molar-refractivity contribution >= 4 is 28.2 Å². The molecule has 128 valence electrons. The number of benzene rings is 2. The number of nitro groups is 1. The van der Waals surface area contributed by atoms with E-state index in [1.165, 1.54) is 6.07 Å². The first kappa shape index (κ1) is 16.6. The molecule has 0 aliphatic rings. The number of halogens is 1. The lowest BCUT2D eigenvalue weighted by Gasteiger charge is -2.10. The van der Waals surface area contributed by atoms with Crippen molar-refractivity contribution in [1.29, 1.82) is 0 Å². The number of fused-ring (bicyclic) bond motifs is 1. The lowest BCUT2D eigenvalue weighted by Crippen LogP contribution is -2.18. The van der Waals surface area contributed by atoms with Gasteiger partial charge in [0.25, 0.3) is 5.91 Å². The summed E-state index contributed by atoms with van der Waals surface area (Å²) in [7, 11) is 0. The molecule has 0 aliphatic heterocycles. The van der Waals surface area contributed by atoms with Crippen LogP contribution < -0.4 is 5.32 Å². The van der Waals surface area contributed by atoms with Crippen LogP contribution in [0.15, 0.2) is 42.5 Å². The molecule has 25 heavy (non-hydrogen) atoms. The van der Waals surface area contributed by atoms with Crippen LogP contribution in [0.2, 0.25) is 0 Å². The zero-order valence-corrected chi connectivity index (χ0v) is 13.7. The Morgan fingerprint density at radius 2 is 2.00 bits per heavy atom. The van der Waals surface area contributed by atoms with Crippen molar-refractivity contribution in [3.05, 3.63) is 69.7 Å². The van der Waals surface area contributed by atoms with Crippen molar-refractivity contribution in [2.75, 3.05) is 5.32 Å². The molecule has 6 nitrogen and oxygen atoms in total. The van der Waals surface area contributed by atoms with E-state index in [9.17, 15) is 19.3 Å². The Bertz CT molecular complexity index is 995. The van der Waals surface area contributed by atoms with Crippen molar-refractivity contribution in [2.24, 2.45) is 0 Å². The van der Waals surface area contributed by atoms with Crippen LogP contribution in [-0.2, 0) is 6.54 Å². The molecule has 0 fully saturated rings. The fourth-order valence-electron chi connectivity index (χ4n) is 3.02. The van der Waals surface area contributed by atoms with Gasteiger partial charge in [-0.2, -0.15) is 4.39 Å². The van der Waals surface area contributed by atoms with E-state index < -0.39 is 16.4 Å². The number of rotatable bonds is 4. The number of hydrogen-bond acceptors (Lipinski definition) is 3. The third-order valence-corrected chi connectivity index (χ3v) is 4.16. The molecule has 1 heterocycles. The molecule has 1 amide bonds. The number of nitro benzene ring substituents is 1. The average Bonchev–Trinajstić information content (AvgIpc) is 2.87. The number of aryl methyl sites for hydroxylation is 2. The predicted octanol–water partition coefficient (Wildman–Crippen LogP) is 4.27. The van der Waals surface area contributed by atoms with E-state index in [1.54, 1.807) is 0 Å². The van der Waals surface area contributed by atoms with Gasteiger partial charge in [-0.1, -0.05) is 18.2 Å². The molecule has 1 N–H and O–H groups in total. The maximum absolute atomic E-state index is 13.7. The summed E-state index contributed by atoms with van der Waals surface area (Å²) in [5.74, 6) is -1.38. The Kier molecular flexibility index (Phi) is 4.22. The molecule has 2 aromatic carbocycles. The standard InChI is InChI=1S/C18H16FN3O3/c1-3-21-15-7-5-4-6-13(15)11(2)17(21)18(23)20-12-8-9-16(22(24)25)14(19)10-12/h4-10H,3H2,1-2H3,(H,20,23). The van der Waals surface area contributed by atoms with Gasteiger partial charge in [0.1, 0.15) is 5.69 Å². The number of hydrogen-bond donors (Lipinski definition) is 1. The maximum Gasteiger partial charge on any atom is 0.304 e. The van der Waals surface area contributed by atoms with Crippen molar-refractivity contribution in [2.45, 2.75) is 20.4 Å². The SMILES string of the molecule is CCn1c(C(=O)Nc2ccc([N+](=O)[O-])c(F)c2)c(C)c2ccccc21. The summed E-state index contributed by atoms with van der Waals surface area (Å²) in [6.07, 6.45) is 0. The molecule has 1 aromatic heterocycles. The summed E-state index contributed by atoms with van der Waals surface area (Å²) in [6, 6.07) is 11.0. The summed E-state index contributed by atoms with van der Waals surface area (Å²) < 4.78 is 15.6. The van der Waals surface area contributed by atoms with Crippen LogP contribution in [0.4, 0.5) is 15.8 Å². The number of carbonyl (C=O) groups is 1. The molecular weight excluding hydrogens is 325 g/mol. The molecule has 0 atom stereocenters. The van der Waals surface area contributed by atoms with Gasteiger partial charge in [-0.05, 0) is 31.5 Å². The van der Waals surface area contributed by atoms with Crippen LogP contribution in [0.25, 0.3) is 10.9 Å². The number of aromatic nitrogens is 1.